The van der Waals surface area contributed by atoms with E-state index in [-0.39, 0.29) is 67.4 Å². The number of nitrogens with zero attached hydrogens (tertiary/aromatic N) is 4. The number of hydrogen-bond acceptors (Lipinski definition) is 11. The average Bonchev–Trinajstić information content (AvgIpc) is 4.14. The zero-order chi connectivity index (χ0) is 55.7. The number of rotatable bonds is 24. The standard InChI is InChI=1S/C63H70N6O10/c1-7-64-79-25-15-14-19-50(70)18-10-13-22-60(72)65-41(4)56(71)27-40(3)61(73)66-47-29-42(37-77-57-35-55-52(26-39(57)2)63(75)69-49(36-67(55)5)32-46-17-9-12-21-54(46)69)28-43(30-47)38-78-59-33-44-23-24-48-31-45-16-8-11-20-53(45)68(48)62(74)51(44)34-58(59)76-6/h7-9,11-12,16-17,20-21,26,28-30,33-35,40-41,48-49H,10,13-15,18-19,22-25,27,31-32,37-38H2,1-6H3,(H,65,72)(H,66,73)/t40-,41+,48-,49+/m1/s1. The topological polar surface area (TPSA) is 185 Å². The Kier molecular flexibility index (Phi) is 17.7. The van der Waals surface area contributed by atoms with E-state index >= 15 is 0 Å². The van der Waals surface area contributed by atoms with Crippen LogP contribution in [0.25, 0.3) is 0 Å². The quantitative estimate of drug-likeness (QED) is 0.0198. The number of anilines is 3. The van der Waals surface area contributed by atoms with Crippen molar-refractivity contribution in [3.8, 4) is 17.2 Å². The summed E-state index contributed by atoms with van der Waals surface area (Å²) in [5.41, 5.74) is 9.39. The summed E-state index contributed by atoms with van der Waals surface area (Å²) < 4.78 is 20.8. The van der Waals surface area contributed by atoms with Crippen molar-refractivity contribution in [2.45, 2.75) is 136 Å². The summed E-state index contributed by atoms with van der Waals surface area (Å²) in [6.45, 7) is 7.56. The maximum Gasteiger partial charge on any atom is 0.258 e. The number of unbranched alkanes of at least 4 members (excludes halogenated alkanes) is 2. The fourth-order valence-electron chi connectivity index (χ4n) is 11.0. The van der Waals surface area contributed by atoms with Crippen molar-refractivity contribution in [2.75, 3.05) is 35.9 Å². The molecule has 0 radical (unpaired) electrons. The molecular formula is C63H70N6O10. The molecule has 4 heterocycles. The number of Topliss-reactive ketones (excluding diaryl/α,β-unsaturated/α-hetero) is 2. The number of carbonyl (C=O) groups excluding carboxylic acids is 6. The Balaban J connectivity index is 0.876. The molecule has 0 bridgehead atoms. The summed E-state index contributed by atoms with van der Waals surface area (Å²) in [5.74, 6) is -0.306. The van der Waals surface area contributed by atoms with Gasteiger partial charge in [0.05, 0.1) is 18.8 Å². The summed E-state index contributed by atoms with van der Waals surface area (Å²) in [4.78, 5) is 89.6. The largest absolute Gasteiger partial charge is 0.493 e. The van der Waals surface area contributed by atoms with Crippen LogP contribution in [0.5, 0.6) is 17.2 Å². The van der Waals surface area contributed by atoms with Gasteiger partial charge in [-0.2, -0.15) is 0 Å². The van der Waals surface area contributed by atoms with Gasteiger partial charge in [-0.15, -0.1) is 0 Å². The van der Waals surface area contributed by atoms with E-state index in [1.807, 2.05) is 101 Å². The predicted octanol–water partition coefficient (Wildman–Crippen LogP) is 9.85. The van der Waals surface area contributed by atoms with Crippen molar-refractivity contribution in [2.24, 2.45) is 11.1 Å². The number of hydrogen-bond donors (Lipinski definition) is 2. The molecule has 5 aromatic rings. The molecular weight excluding hydrogens is 1000 g/mol. The Morgan fingerprint density at radius 2 is 1.43 bits per heavy atom. The van der Waals surface area contributed by atoms with Gasteiger partial charge >= 0.3 is 0 Å². The second-order valence-electron chi connectivity index (χ2n) is 21.1. The summed E-state index contributed by atoms with van der Waals surface area (Å²) in [7, 11) is 3.44. The number of amides is 4. The van der Waals surface area contributed by atoms with Gasteiger partial charge in [0.25, 0.3) is 5.91 Å². The molecule has 0 saturated heterocycles. The van der Waals surface area contributed by atoms with E-state index in [1.165, 1.54) is 5.56 Å². The Bertz CT molecular complexity index is 3220. The molecule has 0 fully saturated rings. The molecule has 0 saturated carbocycles. The van der Waals surface area contributed by atoms with E-state index in [2.05, 4.69) is 28.1 Å². The number of para-hydroxylation sites is 2. The predicted molar refractivity (Wildman–Crippen MR) is 302 cm³/mol. The first kappa shape index (κ1) is 55.6. The molecule has 4 aliphatic heterocycles. The van der Waals surface area contributed by atoms with Gasteiger partial charge in [0.2, 0.25) is 17.7 Å². The highest BCUT2D eigenvalue weighted by Gasteiger charge is 2.38. The van der Waals surface area contributed by atoms with Gasteiger partial charge in [0, 0.05) is 84.3 Å². The second kappa shape index (κ2) is 25.1. The molecule has 9 rings (SSSR count). The zero-order valence-corrected chi connectivity index (χ0v) is 46.0. The van der Waals surface area contributed by atoms with Crippen LogP contribution < -0.4 is 34.6 Å². The van der Waals surface area contributed by atoms with E-state index in [9.17, 15) is 28.8 Å². The van der Waals surface area contributed by atoms with Crippen molar-refractivity contribution in [3.63, 3.8) is 0 Å². The average molecular weight is 1070 g/mol. The lowest BCUT2D eigenvalue weighted by Crippen LogP contribution is -2.39. The molecule has 4 atom stereocenters. The van der Waals surface area contributed by atoms with Gasteiger partial charge in [-0.05, 0) is 154 Å². The Morgan fingerprint density at radius 1 is 0.772 bits per heavy atom. The van der Waals surface area contributed by atoms with Gasteiger partial charge < -0.3 is 44.1 Å². The minimum Gasteiger partial charge on any atom is -0.493 e. The molecule has 0 aromatic heterocycles. The number of benzene rings is 5. The molecule has 16 heteroatoms. The number of fused-ring (bicyclic) bond motifs is 8. The third kappa shape index (κ3) is 12.9. The van der Waals surface area contributed by atoms with Gasteiger partial charge in [-0.3, -0.25) is 28.8 Å². The van der Waals surface area contributed by atoms with E-state index in [4.69, 9.17) is 19.0 Å². The number of aryl methyl sites for hydroxylation is 2. The van der Waals surface area contributed by atoms with Crippen LogP contribution >= 0.6 is 0 Å². The van der Waals surface area contributed by atoms with E-state index < -0.39 is 17.9 Å². The van der Waals surface area contributed by atoms with Gasteiger partial charge in [0.1, 0.15) is 38.4 Å². The minimum atomic E-state index is -0.816. The molecule has 412 valence electrons. The van der Waals surface area contributed by atoms with Crippen LogP contribution in [-0.4, -0.2) is 91.1 Å². The zero-order valence-electron chi connectivity index (χ0n) is 46.0. The van der Waals surface area contributed by atoms with Gasteiger partial charge in [0.15, 0.2) is 17.3 Å². The first-order chi connectivity index (χ1) is 38.2. The fourth-order valence-corrected chi connectivity index (χ4v) is 11.0. The number of nitrogens with one attached hydrogen (secondary N) is 2. The monoisotopic (exact) mass is 1070 g/mol. The highest BCUT2D eigenvalue weighted by Crippen LogP contribution is 2.42. The highest BCUT2D eigenvalue weighted by molar-refractivity contribution is 6.13. The number of ether oxygens (including phenoxy) is 3. The van der Waals surface area contributed by atoms with Crippen molar-refractivity contribution in [3.05, 3.63) is 136 Å². The first-order valence-electron chi connectivity index (χ1n) is 27.5. The van der Waals surface area contributed by atoms with Crippen molar-refractivity contribution in [1.82, 2.24) is 5.32 Å². The maximum atomic E-state index is 14.2. The lowest BCUT2D eigenvalue weighted by atomic mass is 9.99. The molecule has 4 amide bonds. The Morgan fingerprint density at radius 3 is 2.15 bits per heavy atom. The number of methoxy groups -OCH3 is 1. The lowest BCUT2D eigenvalue weighted by Gasteiger charge is -2.23. The van der Waals surface area contributed by atoms with Crippen LogP contribution in [0.2, 0.25) is 0 Å². The van der Waals surface area contributed by atoms with E-state index in [0.29, 0.717) is 96.0 Å². The van der Waals surface area contributed by atoms with Crippen molar-refractivity contribution < 1.29 is 52.4 Å². The third-order valence-corrected chi connectivity index (χ3v) is 15.2. The van der Waals surface area contributed by atoms with Crippen LogP contribution in [-0.2, 0) is 56.5 Å². The SMILES string of the molecule is CC=NOCCCCC(=O)CCCCC(=O)N[C@@H](C)C(=O)C[C@@H](C)C(=O)Nc1cc(COc2cc3c(cc2C)C(=O)N2c4ccccc4C[C@H]2[C-]=[N+]3C)cc(COc2cc3c(cc2OC)C(=O)N2c4ccccc4C[C@H]2CC3)c1. The Hall–Kier alpha value is -8.14. The molecule has 16 nitrogen and oxygen atoms in total. The lowest BCUT2D eigenvalue weighted by molar-refractivity contribution is -0.401. The second-order valence-corrected chi connectivity index (χ2v) is 21.1. The smallest absolute Gasteiger partial charge is 0.258 e. The number of ketones is 2. The maximum absolute atomic E-state index is 14.2. The summed E-state index contributed by atoms with van der Waals surface area (Å²) in [5, 5.41) is 9.48. The molecule has 2 N–H and O–H groups in total. The molecule has 4 aliphatic rings. The molecule has 0 unspecified atom stereocenters. The molecule has 5 aromatic carbocycles. The van der Waals surface area contributed by atoms with Crippen LogP contribution in [0.15, 0.2) is 96.2 Å². The van der Waals surface area contributed by atoms with Crippen molar-refractivity contribution >= 4 is 70.4 Å². The van der Waals surface area contributed by atoms with Gasteiger partial charge in [-0.25, -0.2) is 0 Å². The fraction of sp³-hybridized carbons (Fsp3) is 0.397. The summed E-state index contributed by atoms with van der Waals surface area (Å²) >= 11 is 0. The molecule has 0 spiro atoms. The highest BCUT2D eigenvalue weighted by atomic mass is 16.6. The molecule has 0 aliphatic carbocycles. The van der Waals surface area contributed by atoms with Crippen LogP contribution in [0.4, 0.5) is 22.7 Å². The van der Waals surface area contributed by atoms with Crippen molar-refractivity contribution in [1.29, 1.82) is 0 Å². The van der Waals surface area contributed by atoms with Crippen LogP contribution in [0, 0.1) is 12.8 Å². The summed E-state index contributed by atoms with van der Waals surface area (Å²) in [6, 6.07) is 27.9. The summed E-state index contributed by atoms with van der Waals surface area (Å²) in [6.07, 6.45) is 11.5. The van der Waals surface area contributed by atoms with E-state index in [1.54, 1.807) is 46.2 Å². The first-order valence-corrected chi connectivity index (χ1v) is 27.5. The van der Waals surface area contributed by atoms with Crippen LogP contribution in [0.1, 0.15) is 133 Å². The Labute approximate surface area is 462 Å². The molecule has 79 heavy (non-hydrogen) atoms. The van der Waals surface area contributed by atoms with Crippen LogP contribution in [0.3, 0.4) is 0 Å². The van der Waals surface area contributed by atoms with E-state index in [0.717, 1.165) is 53.7 Å². The number of oxime groups is 1. The van der Waals surface area contributed by atoms with Gasteiger partial charge in [-0.1, -0.05) is 54.5 Å². The number of carbonyl (C=O) groups is 6. The third-order valence-electron chi connectivity index (χ3n) is 15.2. The normalized spacial score (nSPS) is 16.7. The minimum absolute atomic E-state index is 0.0563.